The van der Waals surface area contributed by atoms with Crippen molar-refractivity contribution in [3.8, 4) is 0 Å². The molecular weight excluding hydrogens is 330 g/mol. The Hall–Kier alpha value is -2.38. The molecular formula is C16H18ClN5O2. The summed E-state index contributed by atoms with van der Waals surface area (Å²) >= 11 is 5.93. The number of nitrogens with one attached hydrogen (secondary N) is 2. The van der Waals surface area contributed by atoms with E-state index in [1.165, 1.54) is 6.07 Å². The zero-order chi connectivity index (χ0) is 17.3. The second-order valence-electron chi connectivity index (χ2n) is 5.87. The number of amides is 2. The van der Waals surface area contributed by atoms with Crippen LogP contribution in [0, 0.1) is 5.92 Å². The summed E-state index contributed by atoms with van der Waals surface area (Å²) in [4.78, 5) is 24.0. The largest absolute Gasteiger partial charge is 0.366 e. The van der Waals surface area contributed by atoms with E-state index in [-0.39, 0.29) is 28.3 Å². The predicted molar refractivity (Wildman–Crippen MR) is 90.9 cm³/mol. The first-order valence-electron chi connectivity index (χ1n) is 7.55. The molecule has 7 nitrogen and oxygen atoms in total. The number of nitrogens with zero attached hydrogens (tertiary/aromatic N) is 2. The molecule has 2 aromatic rings. The zero-order valence-corrected chi connectivity index (χ0v) is 13.9. The van der Waals surface area contributed by atoms with Crippen LogP contribution in [0.1, 0.15) is 21.8 Å². The van der Waals surface area contributed by atoms with Crippen LogP contribution in [0.15, 0.2) is 30.6 Å². The maximum absolute atomic E-state index is 12.6. The molecule has 8 heteroatoms. The highest BCUT2D eigenvalue weighted by Gasteiger charge is 2.34. The number of nitrogens with two attached hydrogens (primary N) is 1. The molecule has 24 heavy (non-hydrogen) atoms. The molecule has 1 aliphatic rings. The van der Waals surface area contributed by atoms with E-state index in [0.717, 1.165) is 12.1 Å². The van der Waals surface area contributed by atoms with Gasteiger partial charge in [-0.3, -0.25) is 14.3 Å². The summed E-state index contributed by atoms with van der Waals surface area (Å²) in [5.41, 5.74) is 6.98. The number of hydrogen-bond acceptors (Lipinski definition) is 4. The summed E-state index contributed by atoms with van der Waals surface area (Å²) < 4.78 is 1.72. The van der Waals surface area contributed by atoms with Crippen molar-refractivity contribution in [2.24, 2.45) is 18.7 Å². The molecule has 1 aromatic heterocycles. The SMILES string of the molecule is Cn1cc([C@H]2CNC[C@@H]2C(=O)Nc2ccc(Cl)c(C(N)=O)c2)cn1. The quantitative estimate of drug-likeness (QED) is 0.771. The average Bonchev–Trinajstić information content (AvgIpc) is 3.17. The van der Waals surface area contributed by atoms with Crippen molar-refractivity contribution < 1.29 is 9.59 Å². The molecule has 2 amide bonds. The fraction of sp³-hybridized carbons (Fsp3) is 0.312. The first-order valence-corrected chi connectivity index (χ1v) is 7.93. The number of benzene rings is 1. The number of aromatic nitrogens is 2. The summed E-state index contributed by atoms with van der Waals surface area (Å²) in [6, 6.07) is 4.68. The zero-order valence-electron chi connectivity index (χ0n) is 13.1. The van der Waals surface area contributed by atoms with Crippen LogP contribution in [0.3, 0.4) is 0 Å². The maximum Gasteiger partial charge on any atom is 0.250 e. The van der Waals surface area contributed by atoms with Gasteiger partial charge in [-0.05, 0) is 23.8 Å². The number of anilines is 1. The summed E-state index contributed by atoms with van der Waals surface area (Å²) in [5, 5.41) is 10.5. The molecule has 0 bridgehead atoms. The topological polar surface area (TPSA) is 102 Å². The highest BCUT2D eigenvalue weighted by molar-refractivity contribution is 6.34. The predicted octanol–water partition coefficient (Wildman–Crippen LogP) is 1.11. The molecule has 0 unspecified atom stereocenters. The Balaban J connectivity index is 1.77. The molecule has 4 N–H and O–H groups in total. The minimum absolute atomic E-state index is 0.0570. The van der Waals surface area contributed by atoms with Gasteiger partial charge in [-0.1, -0.05) is 11.6 Å². The number of carbonyl (C=O) groups is 2. The summed E-state index contributed by atoms with van der Waals surface area (Å²) in [6.45, 7) is 1.30. The van der Waals surface area contributed by atoms with Gasteiger partial charge in [-0.2, -0.15) is 5.10 Å². The van der Waals surface area contributed by atoms with Crippen molar-refractivity contribution in [1.82, 2.24) is 15.1 Å². The Morgan fingerprint density at radius 1 is 1.42 bits per heavy atom. The molecule has 2 heterocycles. The third kappa shape index (κ3) is 3.27. The van der Waals surface area contributed by atoms with Gasteiger partial charge in [0.05, 0.1) is 22.7 Å². The van der Waals surface area contributed by atoms with Crippen LogP contribution in [0.5, 0.6) is 0 Å². The van der Waals surface area contributed by atoms with Crippen LogP contribution >= 0.6 is 11.6 Å². The number of aryl methyl sites for hydroxylation is 1. The lowest BCUT2D eigenvalue weighted by molar-refractivity contribution is -0.119. The highest BCUT2D eigenvalue weighted by Crippen LogP contribution is 2.29. The van der Waals surface area contributed by atoms with E-state index in [0.29, 0.717) is 12.2 Å². The van der Waals surface area contributed by atoms with E-state index >= 15 is 0 Å². The molecule has 1 aromatic carbocycles. The smallest absolute Gasteiger partial charge is 0.250 e. The molecule has 1 fully saturated rings. The van der Waals surface area contributed by atoms with Gasteiger partial charge in [-0.15, -0.1) is 0 Å². The van der Waals surface area contributed by atoms with Crippen molar-refractivity contribution >= 4 is 29.1 Å². The van der Waals surface area contributed by atoms with Gasteiger partial charge in [0.1, 0.15) is 0 Å². The monoisotopic (exact) mass is 347 g/mol. The molecule has 126 valence electrons. The highest BCUT2D eigenvalue weighted by atomic mass is 35.5. The normalized spacial score (nSPS) is 20.1. The lowest BCUT2D eigenvalue weighted by Gasteiger charge is -2.17. The van der Waals surface area contributed by atoms with Crippen molar-refractivity contribution in [2.75, 3.05) is 18.4 Å². The van der Waals surface area contributed by atoms with Gasteiger partial charge in [0, 0.05) is 37.9 Å². The second-order valence-corrected chi connectivity index (χ2v) is 6.27. The van der Waals surface area contributed by atoms with Gasteiger partial charge in [-0.25, -0.2) is 0 Å². The first kappa shape index (κ1) is 16.5. The lowest BCUT2D eigenvalue weighted by Crippen LogP contribution is -2.28. The molecule has 0 radical (unpaired) electrons. The van der Waals surface area contributed by atoms with Crippen LogP contribution in [-0.4, -0.2) is 34.7 Å². The van der Waals surface area contributed by atoms with E-state index in [9.17, 15) is 9.59 Å². The van der Waals surface area contributed by atoms with E-state index in [4.69, 9.17) is 17.3 Å². The minimum atomic E-state index is -0.633. The van der Waals surface area contributed by atoms with E-state index in [1.807, 2.05) is 13.2 Å². The first-order chi connectivity index (χ1) is 11.5. The maximum atomic E-state index is 12.6. The number of rotatable bonds is 4. The van der Waals surface area contributed by atoms with Gasteiger partial charge in [0.15, 0.2) is 0 Å². The Morgan fingerprint density at radius 2 is 2.21 bits per heavy atom. The third-order valence-corrected chi connectivity index (χ3v) is 4.53. The molecule has 0 aliphatic carbocycles. The number of carbonyl (C=O) groups excluding carboxylic acids is 2. The Bertz CT molecular complexity index is 789. The lowest BCUT2D eigenvalue weighted by atomic mass is 9.90. The van der Waals surface area contributed by atoms with Crippen molar-refractivity contribution in [3.63, 3.8) is 0 Å². The van der Waals surface area contributed by atoms with E-state index < -0.39 is 5.91 Å². The fourth-order valence-electron chi connectivity index (χ4n) is 2.96. The third-order valence-electron chi connectivity index (χ3n) is 4.20. The molecule has 2 atom stereocenters. The molecule has 1 aliphatic heterocycles. The van der Waals surface area contributed by atoms with Crippen LogP contribution in [0.2, 0.25) is 5.02 Å². The summed E-state index contributed by atoms with van der Waals surface area (Å²) in [7, 11) is 1.85. The van der Waals surface area contributed by atoms with Crippen LogP contribution in [-0.2, 0) is 11.8 Å². The van der Waals surface area contributed by atoms with Crippen LogP contribution < -0.4 is 16.4 Å². The Kier molecular flexibility index (Phi) is 4.55. The van der Waals surface area contributed by atoms with Crippen LogP contribution in [0.4, 0.5) is 5.69 Å². The number of primary amides is 1. The van der Waals surface area contributed by atoms with Crippen molar-refractivity contribution in [1.29, 1.82) is 0 Å². The number of hydrogen-bond donors (Lipinski definition) is 3. The van der Waals surface area contributed by atoms with Crippen LogP contribution in [0.25, 0.3) is 0 Å². The average molecular weight is 348 g/mol. The minimum Gasteiger partial charge on any atom is -0.366 e. The number of halogens is 1. The molecule has 0 spiro atoms. The fourth-order valence-corrected chi connectivity index (χ4v) is 3.17. The Morgan fingerprint density at radius 3 is 2.88 bits per heavy atom. The molecule has 1 saturated heterocycles. The summed E-state index contributed by atoms with van der Waals surface area (Å²) in [6.07, 6.45) is 3.71. The van der Waals surface area contributed by atoms with Gasteiger partial charge in [0.2, 0.25) is 11.8 Å². The summed E-state index contributed by atoms with van der Waals surface area (Å²) in [5.74, 6) is -0.915. The standard InChI is InChI=1S/C16H18ClN5O2/c1-22-8-9(5-20-22)12-6-19-7-13(12)16(24)21-10-2-3-14(17)11(4-10)15(18)23/h2-5,8,12-13,19H,6-7H2,1H3,(H2,18,23)(H,21,24)/t12-,13+/m1/s1. The molecule has 0 saturated carbocycles. The second kappa shape index (κ2) is 6.62. The van der Waals surface area contributed by atoms with Gasteiger partial charge >= 0.3 is 0 Å². The molecule has 3 rings (SSSR count). The van der Waals surface area contributed by atoms with Crippen molar-refractivity contribution in [2.45, 2.75) is 5.92 Å². The van der Waals surface area contributed by atoms with E-state index in [2.05, 4.69) is 15.7 Å². The Labute approximate surface area is 144 Å². The van der Waals surface area contributed by atoms with E-state index in [1.54, 1.807) is 23.0 Å². The van der Waals surface area contributed by atoms with Gasteiger partial charge in [0.25, 0.3) is 0 Å². The van der Waals surface area contributed by atoms with Gasteiger partial charge < -0.3 is 16.4 Å². The van der Waals surface area contributed by atoms with Crippen molar-refractivity contribution in [3.05, 3.63) is 46.7 Å².